The van der Waals surface area contributed by atoms with Crippen LogP contribution in [0.2, 0.25) is 0 Å². The van der Waals surface area contributed by atoms with E-state index >= 15 is 0 Å². The fraction of sp³-hybridized carbons (Fsp3) is 0.875. The van der Waals surface area contributed by atoms with Crippen molar-refractivity contribution in [2.75, 3.05) is 13.2 Å². The predicted molar refractivity (Wildman–Crippen MR) is 102 cm³/mol. The Hall–Kier alpha value is -0.341. The molecule has 2 aliphatic rings. The fourth-order valence-electron chi connectivity index (χ4n) is 3.21. The Balaban J connectivity index is 2.16. The summed E-state index contributed by atoms with van der Waals surface area (Å²) in [6.45, 7) is 1.45. The molecule has 0 unspecified atom stereocenters. The van der Waals surface area contributed by atoms with E-state index in [-0.39, 0.29) is 0 Å². The third-order valence-electron chi connectivity index (χ3n) is 4.75. The zero-order valence-corrected chi connectivity index (χ0v) is 19.7. The molecule has 0 aromatic rings. The molecule has 10 atom stereocenters. The molecule has 2 fully saturated rings. The van der Waals surface area contributed by atoms with Crippen LogP contribution < -0.4 is 10.6 Å². The number of rotatable bonds is 7. The molecule has 12 nitrogen and oxygen atoms in total. The average molecular weight is 566 g/mol. The maximum absolute atomic E-state index is 11.5. The summed E-state index contributed by atoms with van der Waals surface area (Å²) < 4.78 is 11.4. The molecule has 8 N–H and O–H groups in total. The van der Waals surface area contributed by atoms with Gasteiger partial charge in [-0.1, -0.05) is 0 Å². The van der Waals surface area contributed by atoms with E-state index in [0.717, 1.165) is 0 Å². The maximum atomic E-state index is 11.5. The Bertz CT molecular complexity index is 552. The van der Waals surface area contributed by atoms with Gasteiger partial charge in [-0.05, 0) is 0 Å². The molecule has 0 radical (unpaired) electrons. The van der Waals surface area contributed by atoms with Crippen LogP contribution in [0, 0.1) is 0 Å². The van der Waals surface area contributed by atoms with Crippen LogP contribution in [0.25, 0.3) is 0 Å². The number of carbonyl (C=O) groups is 2. The number of aliphatic hydroxyl groups is 6. The Kier molecular flexibility index (Phi) is 9.94. The third kappa shape index (κ3) is 6.12. The second-order valence-electron chi connectivity index (χ2n) is 7.06. The Morgan fingerprint density at radius 2 is 1.07 bits per heavy atom. The van der Waals surface area contributed by atoms with E-state index < -0.39 is 110 Å². The first-order chi connectivity index (χ1) is 14.1. The van der Waals surface area contributed by atoms with Crippen molar-refractivity contribution in [3.63, 3.8) is 0 Å². The van der Waals surface area contributed by atoms with E-state index in [1.54, 1.807) is 0 Å². The zero-order valence-electron chi connectivity index (χ0n) is 16.3. The molecule has 2 aliphatic heterocycles. The van der Waals surface area contributed by atoms with Crippen molar-refractivity contribution >= 4 is 38.1 Å². The van der Waals surface area contributed by atoms with E-state index in [0.29, 0.717) is 0 Å². The molecule has 0 aromatic carbocycles. The number of hydrogen-bond donors (Lipinski definition) is 8. The second-order valence-corrected chi connectivity index (χ2v) is 14.0. The Labute approximate surface area is 184 Å². The molecule has 2 saturated heterocycles. The summed E-state index contributed by atoms with van der Waals surface area (Å²) in [6, 6.07) is -1.84. The summed E-state index contributed by atoms with van der Waals surface area (Å²) in [6.07, 6.45) is -7.58. The van der Waals surface area contributed by atoms with E-state index in [9.17, 15) is 40.2 Å². The van der Waals surface area contributed by atoms with Gasteiger partial charge in [0.2, 0.25) is 0 Å². The number of carbonyl (C=O) groups excluding carboxylic acids is 2. The Morgan fingerprint density at radius 3 is 1.33 bits per heavy atom. The van der Waals surface area contributed by atoms with Gasteiger partial charge in [-0.15, -0.1) is 0 Å². The van der Waals surface area contributed by atoms with Crippen LogP contribution in [-0.4, -0.2) is 141 Å². The van der Waals surface area contributed by atoms with Crippen molar-refractivity contribution in [1.82, 2.24) is 10.6 Å². The zero-order chi connectivity index (χ0) is 22.6. The molecule has 0 spiro atoms. The van der Waals surface area contributed by atoms with Gasteiger partial charge in [0.25, 0.3) is 0 Å². The summed E-state index contributed by atoms with van der Waals surface area (Å²) in [5, 5.41) is 63.5. The number of nitrogens with one attached hydrogen (secondary N) is 2. The molecule has 0 aliphatic carbocycles. The second kappa shape index (κ2) is 11.5. The van der Waals surface area contributed by atoms with Gasteiger partial charge >= 0.3 is 184 Å². The van der Waals surface area contributed by atoms with Gasteiger partial charge in [0.1, 0.15) is 0 Å². The van der Waals surface area contributed by atoms with Crippen LogP contribution in [0.3, 0.4) is 0 Å². The number of amides is 2. The van der Waals surface area contributed by atoms with Gasteiger partial charge in [-0.25, -0.2) is 0 Å². The molecular weight excluding hydrogens is 538 g/mol. The summed E-state index contributed by atoms with van der Waals surface area (Å²) in [7, 11) is 0. The van der Waals surface area contributed by atoms with Gasteiger partial charge in [-0.2, -0.15) is 0 Å². The molecule has 2 heterocycles. The molecular formula is C16H28N2O10Se2. The minimum absolute atomic E-state index is 0.436. The van der Waals surface area contributed by atoms with Crippen molar-refractivity contribution in [2.45, 2.75) is 72.6 Å². The van der Waals surface area contributed by atoms with Crippen LogP contribution in [0.4, 0.5) is 0 Å². The molecule has 14 heteroatoms. The first-order valence-electron chi connectivity index (χ1n) is 9.21. The third-order valence-corrected chi connectivity index (χ3v) is 12.8. The minimum atomic E-state index is -1.39. The topological polar surface area (TPSA) is 198 Å². The van der Waals surface area contributed by atoms with Crippen molar-refractivity contribution in [3.8, 4) is 0 Å². The van der Waals surface area contributed by atoms with Crippen LogP contribution in [0.5, 0.6) is 0 Å². The summed E-state index contributed by atoms with van der Waals surface area (Å²) in [5.74, 6) is -0.871. The van der Waals surface area contributed by atoms with Crippen molar-refractivity contribution in [3.05, 3.63) is 0 Å². The van der Waals surface area contributed by atoms with Crippen LogP contribution in [0.15, 0.2) is 0 Å². The first kappa shape index (κ1) is 25.9. The van der Waals surface area contributed by atoms with Gasteiger partial charge in [0, 0.05) is 0 Å². The molecule has 2 rings (SSSR count). The Morgan fingerprint density at radius 1 is 0.733 bits per heavy atom. The van der Waals surface area contributed by atoms with E-state index in [1.165, 1.54) is 13.8 Å². The van der Waals surface area contributed by atoms with Crippen molar-refractivity contribution in [1.29, 1.82) is 0 Å². The van der Waals surface area contributed by atoms with Crippen LogP contribution >= 0.6 is 0 Å². The molecule has 2 amide bonds. The number of aliphatic hydroxyl groups excluding tert-OH is 6. The monoisotopic (exact) mass is 568 g/mol. The van der Waals surface area contributed by atoms with Crippen LogP contribution in [-0.2, 0) is 19.1 Å². The van der Waals surface area contributed by atoms with E-state index in [2.05, 4.69) is 10.6 Å². The SMILES string of the molecule is CC(=O)N[C@@H]1[C@@H](O)[C@H](O)[C@@H](CO)O[C@H]1[Se][Se][C@@H]1O[C@H](CO)[C@@H](O)[C@H](O)[C@H]1NC(C)=O. The van der Waals surface area contributed by atoms with E-state index in [1.807, 2.05) is 0 Å². The summed E-state index contributed by atoms with van der Waals surface area (Å²) >= 11 is -0.948. The molecule has 0 aromatic heterocycles. The molecule has 30 heavy (non-hydrogen) atoms. The van der Waals surface area contributed by atoms with Gasteiger partial charge in [0.15, 0.2) is 0 Å². The van der Waals surface area contributed by atoms with Crippen molar-refractivity contribution in [2.24, 2.45) is 0 Å². The quantitative estimate of drug-likeness (QED) is 0.138. The molecule has 0 bridgehead atoms. The van der Waals surface area contributed by atoms with Gasteiger partial charge in [-0.3, -0.25) is 0 Å². The predicted octanol–water partition coefficient (Wildman–Crippen LogP) is -5.80. The van der Waals surface area contributed by atoms with Gasteiger partial charge in [0.05, 0.1) is 0 Å². The fourth-order valence-corrected chi connectivity index (χ4v) is 11.9. The molecule has 174 valence electrons. The number of ether oxygens (including phenoxy) is 2. The van der Waals surface area contributed by atoms with Gasteiger partial charge < -0.3 is 0 Å². The van der Waals surface area contributed by atoms with Crippen molar-refractivity contribution < 1.29 is 49.7 Å². The average Bonchev–Trinajstić information content (AvgIpc) is 2.69. The molecule has 0 saturated carbocycles. The first-order valence-corrected chi connectivity index (χ1v) is 15.5. The van der Waals surface area contributed by atoms with E-state index in [4.69, 9.17) is 9.47 Å². The summed E-state index contributed by atoms with van der Waals surface area (Å²) in [5.41, 5.74) is 0. The summed E-state index contributed by atoms with van der Waals surface area (Å²) in [4.78, 5) is 23.1. The standard InChI is InChI=1S/C16H28N2O10Se2/c1-5(21)17-9-13(25)11(23)7(3-19)27-15(9)29-30-16-10(18-6(2)22)14(26)12(24)8(4-20)28-16/h7-16,19-20,23-26H,3-4H2,1-2H3,(H,17,21)(H,18,22)/t7-,8-,9-,10-,11-,12-,13-,14-,15+,16+/m1/s1. The van der Waals surface area contributed by atoms with Crippen LogP contribution in [0.1, 0.15) is 13.8 Å². The normalized spacial score (nSPS) is 41.9. The number of hydrogen-bond acceptors (Lipinski definition) is 10.